The van der Waals surface area contributed by atoms with Gasteiger partial charge in [-0.3, -0.25) is 4.79 Å². The molecule has 0 spiro atoms. The number of halogens is 1. The molecule has 0 bridgehead atoms. The van der Waals surface area contributed by atoms with E-state index in [2.05, 4.69) is 55.2 Å². The van der Waals surface area contributed by atoms with Crippen molar-refractivity contribution in [3.8, 4) is 0 Å². The van der Waals surface area contributed by atoms with Gasteiger partial charge in [0.2, 0.25) is 5.91 Å². The molecule has 1 unspecified atom stereocenters. The van der Waals surface area contributed by atoms with Crippen molar-refractivity contribution in [2.75, 3.05) is 45.2 Å². The van der Waals surface area contributed by atoms with Crippen LogP contribution in [-0.2, 0) is 4.79 Å². The van der Waals surface area contributed by atoms with Crippen molar-refractivity contribution in [3.63, 3.8) is 0 Å². The van der Waals surface area contributed by atoms with E-state index in [0.717, 1.165) is 24.0 Å². The predicted octanol–water partition coefficient (Wildman–Crippen LogP) is 1.84. The minimum Gasteiger partial charge on any atom is -0.368 e. The normalized spacial score (nSPS) is 17.3. The summed E-state index contributed by atoms with van der Waals surface area (Å²) >= 11 is 3.61. The lowest BCUT2D eigenvalue weighted by Crippen LogP contribution is -2.45. The first-order valence-electron chi connectivity index (χ1n) is 8.36. The van der Waals surface area contributed by atoms with Gasteiger partial charge in [0.25, 0.3) is 0 Å². The molecule has 1 atom stereocenters. The fraction of sp³-hybridized carbons (Fsp3) is 0.444. The number of nitrogens with zero attached hydrogens (tertiary/aromatic N) is 3. The molecule has 2 rings (SSSR count). The molecule has 2 N–H and O–H groups in total. The van der Waals surface area contributed by atoms with E-state index in [1.807, 2.05) is 12.1 Å². The number of guanidine groups is 1. The third kappa shape index (κ3) is 5.77. The number of nitrogens with one attached hydrogen (secondary N) is 2. The lowest BCUT2D eigenvalue weighted by atomic mass is 10.3. The first-order valence-corrected chi connectivity index (χ1v) is 9.16. The second-order valence-electron chi connectivity index (χ2n) is 6.15. The molecule has 0 saturated carbocycles. The number of para-hydroxylation sites is 1. The van der Waals surface area contributed by atoms with Crippen molar-refractivity contribution in [2.45, 2.75) is 12.5 Å². The predicted molar refractivity (Wildman–Crippen MR) is 107 cm³/mol. The SMILES string of the molecule is C=CCNC(=NCC(=O)N(C)C)NC1CCN(c2ccccc2Br)C1. The molecular formula is C18H26BrN5O. The zero-order valence-electron chi connectivity index (χ0n) is 14.8. The van der Waals surface area contributed by atoms with Crippen LogP contribution in [0.1, 0.15) is 6.42 Å². The van der Waals surface area contributed by atoms with Crippen LogP contribution in [0.3, 0.4) is 0 Å². The van der Waals surface area contributed by atoms with Gasteiger partial charge in [-0.1, -0.05) is 18.2 Å². The fourth-order valence-electron chi connectivity index (χ4n) is 2.61. The molecule has 1 fully saturated rings. The number of anilines is 1. The van der Waals surface area contributed by atoms with Crippen LogP contribution in [0.15, 0.2) is 46.4 Å². The summed E-state index contributed by atoms with van der Waals surface area (Å²) in [5.41, 5.74) is 1.20. The Morgan fingerprint density at radius 2 is 2.24 bits per heavy atom. The summed E-state index contributed by atoms with van der Waals surface area (Å²) in [6, 6.07) is 8.52. The van der Waals surface area contributed by atoms with Crippen LogP contribution in [0.2, 0.25) is 0 Å². The molecule has 0 radical (unpaired) electrons. The number of carbonyl (C=O) groups excluding carboxylic acids is 1. The lowest BCUT2D eigenvalue weighted by Gasteiger charge is -2.21. The topological polar surface area (TPSA) is 60.0 Å². The van der Waals surface area contributed by atoms with Gasteiger partial charge in [0.1, 0.15) is 6.54 Å². The van der Waals surface area contributed by atoms with Crippen LogP contribution in [-0.4, -0.2) is 63.1 Å². The average molecular weight is 408 g/mol. The highest BCUT2D eigenvalue weighted by molar-refractivity contribution is 9.10. The monoisotopic (exact) mass is 407 g/mol. The Hall–Kier alpha value is -2.02. The first-order chi connectivity index (χ1) is 12.0. The zero-order valence-corrected chi connectivity index (χ0v) is 16.4. The molecule has 7 heteroatoms. The van der Waals surface area contributed by atoms with Crippen molar-refractivity contribution in [3.05, 3.63) is 41.4 Å². The van der Waals surface area contributed by atoms with Crippen LogP contribution in [0.25, 0.3) is 0 Å². The number of aliphatic imine (C=N–C) groups is 1. The Kier molecular flexibility index (Phi) is 7.31. The van der Waals surface area contributed by atoms with Gasteiger partial charge in [-0.25, -0.2) is 4.99 Å². The van der Waals surface area contributed by atoms with Gasteiger partial charge in [0, 0.05) is 44.2 Å². The zero-order chi connectivity index (χ0) is 18.2. The minimum atomic E-state index is -0.0269. The first kappa shape index (κ1) is 19.3. The van der Waals surface area contributed by atoms with Crippen LogP contribution in [0, 0.1) is 0 Å². The summed E-state index contributed by atoms with van der Waals surface area (Å²) in [6.07, 6.45) is 2.78. The maximum absolute atomic E-state index is 11.8. The average Bonchev–Trinajstić information content (AvgIpc) is 3.05. The van der Waals surface area contributed by atoms with Crippen LogP contribution in [0.5, 0.6) is 0 Å². The van der Waals surface area contributed by atoms with E-state index in [-0.39, 0.29) is 18.5 Å². The van der Waals surface area contributed by atoms with Crippen molar-refractivity contribution >= 4 is 33.5 Å². The highest BCUT2D eigenvalue weighted by Crippen LogP contribution is 2.28. The number of amides is 1. The van der Waals surface area contributed by atoms with E-state index in [1.165, 1.54) is 5.69 Å². The van der Waals surface area contributed by atoms with Gasteiger partial charge in [0.15, 0.2) is 5.96 Å². The molecule has 0 aliphatic carbocycles. The molecule has 1 aromatic rings. The van der Waals surface area contributed by atoms with Crippen LogP contribution in [0.4, 0.5) is 5.69 Å². The van der Waals surface area contributed by atoms with E-state index in [0.29, 0.717) is 12.5 Å². The fourth-order valence-corrected chi connectivity index (χ4v) is 3.14. The molecule has 1 aliphatic rings. The Morgan fingerprint density at radius 1 is 1.48 bits per heavy atom. The summed E-state index contributed by atoms with van der Waals surface area (Å²) < 4.78 is 1.10. The number of hydrogen-bond donors (Lipinski definition) is 2. The Morgan fingerprint density at radius 3 is 2.92 bits per heavy atom. The van der Waals surface area contributed by atoms with Crippen molar-refractivity contribution in [1.29, 1.82) is 0 Å². The van der Waals surface area contributed by atoms with Crippen molar-refractivity contribution in [2.24, 2.45) is 4.99 Å². The summed E-state index contributed by atoms with van der Waals surface area (Å²) in [6.45, 7) is 6.31. The van der Waals surface area contributed by atoms with E-state index in [4.69, 9.17) is 0 Å². The Balaban J connectivity index is 1.97. The second-order valence-corrected chi connectivity index (χ2v) is 7.00. The molecule has 0 aromatic heterocycles. The van der Waals surface area contributed by atoms with Crippen LogP contribution >= 0.6 is 15.9 Å². The highest BCUT2D eigenvalue weighted by atomic mass is 79.9. The minimum absolute atomic E-state index is 0.0269. The second kappa shape index (κ2) is 9.46. The number of carbonyl (C=O) groups is 1. The van der Waals surface area contributed by atoms with Crippen molar-refractivity contribution in [1.82, 2.24) is 15.5 Å². The largest absolute Gasteiger partial charge is 0.368 e. The molecule has 1 saturated heterocycles. The summed E-state index contributed by atoms with van der Waals surface area (Å²) in [4.78, 5) is 20.0. The molecular weight excluding hydrogens is 382 g/mol. The van der Waals surface area contributed by atoms with Gasteiger partial charge in [-0.05, 0) is 34.5 Å². The molecule has 136 valence electrons. The van der Waals surface area contributed by atoms with Gasteiger partial charge in [-0.15, -0.1) is 6.58 Å². The maximum Gasteiger partial charge on any atom is 0.243 e. The number of benzene rings is 1. The summed E-state index contributed by atoms with van der Waals surface area (Å²) in [5.74, 6) is 0.620. The summed E-state index contributed by atoms with van der Waals surface area (Å²) in [7, 11) is 3.46. The molecule has 1 heterocycles. The Labute approximate surface area is 158 Å². The standard InChI is InChI=1S/C18H26BrN5O/c1-4-10-20-18(21-12-17(25)23(2)3)22-14-9-11-24(13-14)16-8-6-5-7-15(16)19/h4-8,14H,1,9-13H2,2-3H3,(H2,20,21,22). The van der Waals surface area contributed by atoms with Crippen LogP contribution < -0.4 is 15.5 Å². The summed E-state index contributed by atoms with van der Waals surface area (Å²) in [5, 5.41) is 6.61. The lowest BCUT2D eigenvalue weighted by molar-refractivity contribution is -0.127. The third-order valence-electron chi connectivity index (χ3n) is 4.01. The van der Waals surface area contributed by atoms with Crippen molar-refractivity contribution < 1.29 is 4.79 Å². The van der Waals surface area contributed by atoms with Gasteiger partial charge in [-0.2, -0.15) is 0 Å². The number of likely N-dealkylation sites (N-methyl/N-ethyl adjacent to an activating group) is 1. The molecule has 1 aliphatic heterocycles. The molecule has 25 heavy (non-hydrogen) atoms. The number of rotatable bonds is 6. The third-order valence-corrected chi connectivity index (χ3v) is 4.68. The van der Waals surface area contributed by atoms with E-state index >= 15 is 0 Å². The molecule has 6 nitrogen and oxygen atoms in total. The molecule has 1 amide bonds. The maximum atomic E-state index is 11.8. The van der Waals surface area contributed by atoms with E-state index in [1.54, 1.807) is 25.1 Å². The quantitative estimate of drug-likeness (QED) is 0.429. The number of hydrogen-bond acceptors (Lipinski definition) is 3. The van der Waals surface area contributed by atoms with Gasteiger partial charge >= 0.3 is 0 Å². The van der Waals surface area contributed by atoms with E-state index in [9.17, 15) is 4.79 Å². The van der Waals surface area contributed by atoms with Gasteiger partial charge < -0.3 is 20.4 Å². The molecule has 1 aromatic carbocycles. The van der Waals surface area contributed by atoms with E-state index < -0.39 is 0 Å². The van der Waals surface area contributed by atoms with Gasteiger partial charge in [0.05, 0.1) is 5.69 Å². The Bertz CT molecular complexity index is 632. The smallest absolute Gasteiger partial charge is 0.243 e. The highest BCUT2D eigenvalue weighted by Gasteiger charge is 2.24.